The van der Waals surface area contributed by atoms with Gasteiger partial charge in [-0.25, -0.2) is 0 Å². The van der Waals surface area contributed by atoms with Crippen LogP contribution in [0.25, 0.3) is 0 Å². The molecule has 1 saturated carbocycles. The van der Waals surface area contributed by atoms with E-state index in [1.54, 1.807) is 7.05 Å². The Morgan fingerprint density at radius 3 is 2.55 bits per heavy atom. The first-order valence-electron chi connectivity index (χ1n) is 9.68. The Labute approximate surface area is 169 Å². The first-order valence-corrected chi connectivity index (χ1v) is 9.68. The zero-order chi connectivity index (χ0) is 21.9. The van der Waals surface area contributed by atoms with E-state index in [0.29, 0.717) is 0 Å². The highest BCUT2D eigenvalue weighted by atomic mass is 16.7. The Hall–Kier alpha value is -0.930. The summed E-state index contributed by atoms with van der Waals surface area (Å²) in [4.78, 5) is 12.2. The molecule has 2 rings (SSSR count). The van der Waals surface area contributed by atoms with Gasteiger partial charge in [-0.2, -0.15) is 0 Å². The van der Waals surface area contributed by atoms with Crippen molar-refractivity contribution in [3.05, 3.63) is 0 Å². The first kappa shape index (κ1) is 24.3. The third kappa shape index (κ3) is 5.41. The van der Waals surface area contributed by atoms with Crippen molar-refractivity contribution in [3.8, 4) is 0 Å². The predicted molar refractivity (Wildman–Crippen MR) is 100 cm³/mol. The van der Waals surface area contributed by atoms with Crippen molar-refractivity contribution in [1.82, 2.24) is 10.6 Å². The van der Waals surface area contributed by atoms with Crippen molar-refractivity contribution in [2.24, 2.45) is 11.5 Å². The van der Waals surface area contributed by atoms with Crippen molar-refractivity contribution in [2.75, 3.05) is 20.2 Å². The number of ether oxygens (including phenoxy) is 2. The van der Waals surface area contributed by atoms with E-state index in [1.807, 2.05) is 0 Å². The van der Waals surface area contributed by atoms with E-state index < -0.39 is 66.4 Å². The minimum atomic E-state index is -1.48. The Morgan fingerprint density at radius 2 is 1.97 bits per heavy atom. The molecule has 0 radical (unpaired) electrons. The molecule has 2 fully saturated rings. The number of rotatable bonds is 7. The van der Waals surface area contributed by atoms with Crippen LogP contribution in [0.3, 0.4) is 0 Å². The maximum atomic E-state index is 12.2. The predicted octanol–water partition coefficient (Wildman–Crippen LogP) is -4.92. The molecule has 0 spiro atoms. The van der Waals surface area contributed by atoms with E-state index in [4.69, 9.17) is 20.9 Å². The molecule has 12 nitrogen and oxygen atoms in total. The van der Waals surface area contributed by atoms with Crippen molar-refractivity contribution < 1.29 is 39.8 Å². The summed E-state index contributed by atoms with van der Waals surface area (Å²) in [5.74, 6) is -0.717. The Kier molecular flexibility index (Phi) is 8.32. The van der Waals surface area contributed by atoms with Crippen LogP contribution < -0.4 is 22.1 Å². The summed E-state index contributed by atoms with van der Waals surface area (Å²) in [6.07, 6.45) is -7.79. The Bertz CT molecular complexity index is 554. The van der Waals surface area contributed by atoms with Gasteiger partial charge in [0.15, 0.2) is 6.29 Å². The number of carbonyl (C=O) groups is 1. The average molecular weight is 422 g/mol. The molecule has 1 saturated heterocycles. The number of nitrogens with one attached hydrogen (secondary N) is 2. The van der Waals surface area contributed by atoms with Crippen LogP contribution >= 0.6 is 0 Å². The van der Waals surface area contributed by atoms with Crippen LogP contribution in [0.2, 0.25) is 0 Å². The van der Waals surface area contributed by atoms with Gasteiger partial charge in [0.2, 0.25) is 5.91 Å². The summed E-state index contributed by atoms with van der Waals surface area (Å²) in [5, 5.41) is 56.7. The standard InChI is InChI=1S/C17H34N4O8/c1-17(27)6-28-16(12(25)14(17)20-2)29-13-8(5-7(19)10(23)11(13)24)21-15(26)9(22)3-4-18/h7-14,16,20,22-25,27H,3-6,18-19H2,1-2H3,(H,21,26)/t7-,8+,9-,10+,11-,12+,13-,14+,16+,17-/m0/s1. The van der Waals surface area contributed by atoms with E-state index in [-0.39, 0.29) is 26.0 Å². The molecule has 170 valence electrons. The molecule has 1 heterocycles. The number of aliphatic hydroxyl groups excluding tert-OH is 4. The highest BCUT2D eigenvalue weighted by Gasteiger charge is 2.50. The minimum Gasteiger partial charge on any atom is -0.389 e. The SMILES string of the molecule is CN[C@@H]1[C@@H](O)[C@@H](O[C@@H]2[C@@H](O)[C@H](O)[C@@H](N)C[C@H]2NC(=O)[C@@H](O)CCN)OC[C@]1(C)O. The third-order valence-electron chi connectivity index (χ3n) is 5.55. The van der Waals surface area contributed by atoms with Crippen LogP contribution in [-0.4, -0.2) is 112 Å². The molecule has 0 unspecified atom stereocenters. The highest BCUT2D eigenvalue weighted by molar-refractivity contribution is 5.80. The fourth-order valence-corrected chi connectivity index (χ4v) is 3.86. The average Bonchev–Trinajstić information content (AvgIpc) is 2.65. The molecule has 29 heavy (non-hydrogen) atoms. The summed E-state index contributed by atoms with van der Waals surface area (Å²) in [6.45, 7) is 1.44. The number of hydrogen-bond acceptors (Lipinski definition) is 11. The van der Waals surface area contributed by atoms with Gasteiger partial charge >= 0.3 is 0 Å². The minimum absolute atomic E-state index is 0.0463. The van der Waals surface area contributed by atoms with E-state index >= 15 is 0 Å². The summed E-state index contributed by atoms with van der Waals surface area (Å²) in [7, 11) is 1.56. The summed E-state index contributed by atoms with van der Waals surface area (Å²) >= 11 is 0. The maximum absolute atomic E-state index is 12.2. The molecule has 0 aromatic carbocycles. The molecule has 1 amide bonds. The normalized spacial score (nSPS) is 44.3. The van der Waals surface area contributed by atoms with Crippen molar-refractivity contribution in [3.63, 3.8) is 0 Å². The topological polar surface area (TPSA) is 213 Å². The summed E-state index contributed by atoms with van der Waals surface area (Å²) in [6, 6.07) is -2.49. The van der Waals surface area contributed by atoms with Gasteiger partial charge in [-0.1, -0.05) is 0 Å². The van der Waals surface area contributed by atoms with Crippen LogP contribution in [0.5, 0.6) is 0 Å². The lowest BCUT2D eigenvalue weighted by Gasteiger charge is -2.47. The number of carbonyl (C=O) groups excluding carboxylic acids is 1. The van der Waals surface area contributed by atoms with Crippen LogP contribution in [0.15, 0.2) is 0 Å². The molecule has 10 atom stereocenters. The Morgan fingerprint density at radius 1 is 1.31 bits per heavy atom. The fraction of sp³-hybridized carbons (Fsp3) is 0.941. The fourth-order valence-electron chi connectivity index (χ4n) is 3.86. The van der Waals surface area contributed by atoms with Gasteiger partial charge in [0, 0.05) is 6.04 Å². The smallest absolute Gasteiger partial charge is 0.249 e. The van der Waals surface area contributed by atoms with Crippen LogP contribution in [0.1, 0.15) is 19.8 Å². The molecule has 0 aromatic rings. The summed E-state index contributed by atoms with van der Waals surface area (Å²) < 4.78 is 11.2. The second kappa shape index (κ2) is 9.92. The molecule has 1 aliphatic carbocycles. The van der Waals surface area contributed by atoms with Gasteiger partial charge in [-0.3, -0.25) is 4.79 Å². The number of hydrogen-bond donors (Lipinski definition) is 9. The van der Waals surface area contributed by atoms with E-state index in [1.165, 1.54) is 6.92 Å². The van der Waals surface area contributed by atoms with Gasteiger partial charge < -0.3 is 57.1 Å². The van der Waals surface area contributed by atoms with Crippen LogP contribution in [-0.2, 0) is 14.3 Å². The number of likely N-dealkylation sites (N-methyl/N-ethyl adjacent to an activating group) is 1. The zero-order valence-electron chi connectivity index (χ0n) is 16.6. The van der Waals surface area contributed by atoms with Crippen LogP contribution in [0.4, 0.5) is 0 Å². The molecular formula is C17H34N4O8. The van der Waals surface area contributed by atoms with E-state index in [2.05, 4.69) is 10.6 Å². The lowest BCUT2D eigenvalue weighted by Crippen LogP contribution is -2.68. The van der Waals surface area contributed by atoms with Gasteiger partial charge in [0.25, 0.3) is 0 Å². The van der Waals surface area contributed by atoms with E-state index in [9.17, 15) is 30.3 Å². The first-order chi connectivity index (χ1) is 13.5. The van der Waals surface area contributed by atoms with Gasteiger partial charge in [-0.05, 0) is 33.4 Å². The van der Waals surface area contributed by atoms with Crippen molar-refractivity contribution >= 4 is 5.91 Å². The second-order valence-corrected chi connectivity index (χ2v) is 7.98. The van der Waals surface area contributed by atoms with Gasteiger partial charge in [0.05, 0.1) is 24.8 Å². The number of amides is 1. The van der Waals surface area contributed by atoms with Gasteiger partial charge in [0.1, 0.15) is 30.0 Å². The number of aliphatic hydroxyl groups is 5. The lowest BCUT2D eigenvalue weighted by molar-refractivity contribution is -0.297. The monoisotopic (exact) mass is 422 g/mol. The van der Waals surface area contributed by atoms with Gasteiger partial charge in [-0.15, -0.1) is 0 Å². The van der Waals surface area contributed by atoms with E-state index in [0.717, 1.165) is 0 Å². The van der Waals surface area contributed by atoms with Crippen molar-refractivity contribution in [2.45, 2.75) is 80.3 Å². The maximum Gasteiger partial charge on any atom is 0.249 e. The highest BCUT2D eigenvalue weighted by Crippen LogP contribution is 2.29. The number of nitrogens with two attached hydrogens (primary N) is 2. The molecule has 12 heteroatoms. The summed E-state index contributed by atoms with van der Waals surface area (Å²) in [5.41, 5.74) is 9.84. The molecular weight excluding hydrogens is 388 g/mol. The van der Waals surface area contributed by atoms with Crippen LogP contribution in [0, 0.1) is 0 Å². The van der Waals surface area contributed by atoms with Crippen molar-refractivity contribution in [1.29, 1.82) is 0 Å². The second-order valence-electron chi connectivity index (χ2n) is 7.98. The molecule has 0 bridgehead atoms. The molecule has 0 aromatic heterocycles. The largest absolute Gasteiger partial charge is 0.389 e. The zero-order valence-corrected chi connectivity index (χ0v) is 16.6. The molecule has 11 N–H and O–H groups in total. The quantitative estimate of drug-likeness (QED) is 0.189. The molecule has 1 aliphatic heterocycles. The third-order valence-corrected chi connectivity index (χ3v) is 5.55. The lowest BCUT2D eigenvalue weighted by atomic mass is 9.83. The molecule has 2 aliphatic rings. The Balaban J connectivity index is 2.16.